The standard InChI is InChI=1S/C18H13N3S2/c1-2-4-17-15(3-1)16(7-5-13-9-22-11-19-13)18(21-17)8-6-14-10-23-12-20-14/h1-12,21H/b7-5+,8-6+. The molecule has 4 aromatic rings. The van der Waals surface area contributed by atoms with Crippen LogP contribution in [0.25, 0.3) is 35.2 Å². The van der Waals surface area contributed by atoms with E-state index < -0.39 is 0 Å². The van der Waals surface area contributed by atoms with E-state index in [4.69, 9.17) is 0 Å². The van der Waals surface area contributed by atoms with Crippen LogP contribution < -0.4 is 0 Å². The van der Waals surface area contributed by atoms with E-state index in [1.165, 1.54) is 10.9 Å². The van der Waals surface area contributed by atoms with E-state index >= 15 is 0 Å². The Morgan fingerprint density at radius 2 is 1.52 bits per heavy atom. The molecule has 0 bridgehead atoms. The van der Waals surface area contributed by atoms with Crippen molar-refractivity contribution in [3.8, 4) is 0 Å². The Bertz CT molecular complexity index is 961. The van der Waals surface area contributed by atoms with Gasteiger partial charge in [0, 0.05) is 32.9 Å². The van der Waals surface area contributed by atoms with Gasteiger partial charge in [0.1, 0.15) is 0 Å². The third-order valence-electron chi connectivity index (χ3n) is 3.52. The maximum Gasteiger partial charge on any atom is 0.0798 e. The monoisotopic (exact) mass is 335 g/mol. The SMILES string of the molecule is C(=C\c1[nH]c2ccccc2c1/C=C/c1cscn1)/c1cscn1. The van der Waals surface area contributed by atoms with Gasteiger partial charge in [-0.2, -0.15) is 0 Å². The lowest BCUT2D eigenvalue weighted by molar-refractivity contribution is 1.38. The molecule has 0 aliphatic heterocycles. The van der Waals surface area contributed by atoms with E-state index in [-0.39, 0.29) is 0 Å². The summed E-state index contributed by atoms with van der Waals surface area (Å²) in [6.07, 6.45) is 8.28. The molecule has 5 heteroatoms. The van der Waals surface area contributed by atoms with Crippen molar-refractivity contribution in [1.82, 2.24) is 15.0 Å². The van der Waals surface area contributed by atoms with E-state index in [0.29, 0.717) is 0 Å². The second-order valence-electron chi connectivity index (χ2n) is 4.99. The van der Waals surface area contributed by atoms with Gasteiger partial charge in [-0.15, -0.1) is 22.7 Å². The molecule has 4 rings (SSSR count). The summed E-state index contributed by atoms with van der Waals surface area (Å²) in [4.78, 5) is 12.1. The minimum absolute atomic E-state index is 0.975. The molecule has 0 aliphatic rings. The van der Waals surface area contributed by atoms with Crippen molar-refractivity contribution in [2.75, 3.05) is 0 Å². The number of hydrogen-bond donors (Lipinski definition) is 1. The smallest absolute Gasteiger partial charge is 0.0798 e. The molecule has 1 N–H and O–H groups in total. The molecule has 0 radical (unpaired) electrons. The van der Waals surface area contributed by atoms with Crippen LogP contribution in [0.5, 0.6) is 0 Å². The molecule has 3 heterocycles. The van der Waals surface area contributed by atoms with Crippen molar-refractivity contribution in [3.63, 3.8) is 0 Å². The molecule has 3 aromatic heterocycles. The average Bonchev–Trinajstić information content (AvgIpc) is 3.31. The van der Waals surface area contributed by atoms with Gasteiger partial charge in [-0.3, -0.25) is 0 Å². The second kappa shape index (κ2) is 6.32. The number of aromatic nitrogens is 3. The third-order valence-corrected chi connectivity index (χ3v) is 4.73. The maximum atomic E-state index is 4.31. The molecule has 1 aromatic carbocycles. The number of nitrogens with zero attached hydrogens (tertiary/aromatic N) is 2. The molecule has 0 aliphatic carbocycles. The number of nitrogens with one attached hydrogen (secondary N) is 1. The topological polar surface area (TPSA) is 41.6 Å². The number of para-hydroxylation sites is 1. The van der Waals surface area contributed by atoms with Crippen LogP contribution in [0.2, 0.25) is 0 Å². The van der Waals surface area contributed by atoms with E-state index in [9.17, 15) is 0 Å². The molecule has 0 saturated carbocycles. The Morgan fingerprint density at radius 3 is 2.22 bits per heavy atom. The van der Waals surface area contributed by atoms with Crippen molar-refractivity contribution < 1.29 is 0 Å². The van der Waals surface area contributed by atoms with Crippen LogP contribution >= 0.6 is 22.7 Å². The summed E-state index contributed by atoms with van der Waals surface area (Å²) in [5, 5.41) is 5.27. The summed E-state index contributed by atoms with van der Waals surface area (Å²) in [5.74, 6) is 0. The van der Waals surface area contributed by atoms with Gasteiger partial charge < -0.3 is 4.98 Å². The number of thiazole rings is 2. The van der Waals surface area contributed by atoms with E-state index in [2.05, 4.69) is 45.3 Å². The summed E-state index contributed by atoms with van der Waals surface area (Å²) < 4.78 is 0. The molecular formula is C18H13N3S2. The Kier molecular flexibility index (Phi) is 3.88. The number of benzene rings is 1. The van der Waals surface area contributed by atoms with Crippen LogP contribution in [0, 0.1) is 0 Å². The normalized spacial score (nSPS) is 12.0. The number of H-pyrrole nitrogens is 1. The lowest BCUT2D eigenvalue weighted by atomic mass is 10.1. The molecular weight excluding hydrogens is 322 g/mol. The first-order valence-corrected chi connectivity index (χ1v) is 9.02. The van der Waals surface area contributed by atoms with Crippen LogP contribution in [0.3, 0.4) is 0 Å². The highest BCUT2D eigenvalue weighted by Gasteiger charge is 2.06. The molecule has 0 atom stereocenters. The van der Waals surface area contributed by atoms with Crippen molar-refractivity contribution in [3.05, 3.63) is 68.7 Å². The summed E-state index contributed by atoms with van der Waals surface area (Å²) in [6, 6.07) is 8.33. The van der Waals surface area contributed by atoms with E-state index in [0.717, 1.165) is 22.6 Å². The van der Waals surface area contributed by atoms with E-state index in [1.807, 2.05) is 40.0 Å². The molecule has 23 heavy (non-hydrogen) atoms. The average molecular weight is 335 g/mol. The summed E-state index contributed by atoms with van der Waals surface area (Å²) in [6.45, 7) is 0. The molecule has 0 amide bonds. The fourth-order valence-corrected chi connectivity index (χ4v) is 3.49. The lowest BCUT2D eigenvalue weighted by Crippen LogP contribution is -1.77. The minimum Gasteiger partial charge on any atom is -0.355 e. The predicted octanol–water partition coefficient (Wildman–Crippen LogP) is 5.42. The van der Waals surface area contributed by atoms with Crippen LogP contribution in [-0.2, 0) is 0 Å². The van der Waals surface area contributed by atoms with Gasteiger partial charge in [0.05, 0.1) is 22.4 Å². The van der Waals surface area contributed by atoms with Crippen molar-refractivity contribution >= 4 is 57.9 Å². The first kappa shape index (κ1) is 14.1. The number of fused-ring (bicyclic) bond motifs is 1. The Hall–Kier alpha value is -2.50. The predicted molar refractivity (Wildman–Crippen MR) is 100 cm³/mol. The van der Waals surface area contributed by atoms with Gasteiger partial charge in [0.15, 0.2) is 0 Å². The first-order valence-electron chi connectivity index (χ1n) is 7.13. The molecule has 0 unspecified atom stereocenters. The quantitative estimate of drug-likeness (QED) is 0.541. The number of rotatable bonds is 4. The molecule has 0 spiro atoms. The van der Waals surface area contributed by atoms with E-state index in [1.54, 1.807) is 22.7 Å². The zero-order valence-corrected chi connectivity index (χ0v) is 13.8. The Balaban J connectivity index is 1.78. The third kappa shape index (κ3) is 3.02. The second-order valence-corrected chi connectivity index (χ2v) is 6.43. The summed E-state index contributed by atoms with van der Waals surface area (Å²) in [5.41, 5.74) is 9.01. The van der Waals surface area contributed by atoms with Gasteiger partial charge in [0.25, 0.3) is 0 Å². The molecule has 0 fully saturated rings. The Morgan fingerprint density at radius 1 is 0.826 bits per heavy atom. The summed E-state index contributed by atoms with van der Waals surface area (Å²) in [7, 11) is 0. The van der Waals surface area contributed by atoms with Crippen LogP contribution in [0.1, 0.15) is 22.6 Å². The van der Waals surface area contributed by atoms with Crippen LogP contribution in [0.15, 0.2) is 46.0 Å². The highest BCUT2D eigenvalue weighted by molar-refractivity contribution is 7.07. The first-order chi connectivity index (χ1) is 11.4. The van der Waals surface area contributed by atoms with Crippen LogP contribution in [0.4, 0.5) is 0 Å². The zero-order valence-electron chi connectivity index (χ0n) is 12.1. The van der Waals surface area contributed by atoms with Gasteiger partial charge in [-0.1, -0.05) is 24.3 Å². The van der Waals surface area contributed by atoms with Gasteiger partial charge in [0.2, 0.25) is 0 Å². The fourth-order valence-electron chi connectivity index (χ4n) is 2.44. The van der Waals surface area contributed by atoms with Crippen LogP contribution in [-0.4, -0.2) is 15.0 Å². The van der Waals surface area contributed by atoms with Crippen molar-refractivity contribution in [2.45, 2.75) is 0 Å². The van der Waals surface area contributed by atoms with Gasteiger partial charge >= 0.3 is 0 Å². The fraction of sp³-hybridized carbons (Fsp3) is 0. The van der Waals surface area contributed by atoms with Gasteiger partial charge in [-0.25, -0.2) is 9.97 Å². The lowest BCUT2D eigenvalue weighted by Gasteiger charge is -1.94. The maximum absolute atomic E-state index is 4.31. The molecule has 3 nitrogen and oxygen atoms in total. The summed E-state index contributed by atoms with van der Waals surface area (Å²) >= 11 is 3.20. The number of aromatic amines is 1. The van der Waals surface area contributed by atoms with Gasteiger partial charge in [-0.05, 0) is 24.3 Å². The highest BCUT2D eigenvalue weighted by atomic mass is 32.1. The minimum atomic E-state index is 0.975. The zero-order chi connectivity index (χ0) is 15.5. The number of hydrogen-bond acceptors (Lipinski definition) is 4. The highest BCUT2D eigenvalue weighted by Crippen LogP contribution is 2.26. The Labute approximate surface area is 141 Å². The largest absolute Gasteiger partial charge is 0.355 e. The molecule has 112 valence electrons. The van der Waals surface area contributed by atoms with Crippen molar-refractivity contribution in [2.24, 2.45) is 0 Å². The molecule has 0 saturated heterocycles. The van der Waals surface area contributed by atoms with Crippen molar-refractivity contribution in [1.29, 1.82) is 0 Å².